The Hall–Kier alpha value is -2.33. The molecule has 0 aliphatic heterocycles. The van der Waals surface area contributed by atoms with Gasteiger partial charge < -0.3 is 4.42 Å². The van der Waals surface area contributed by atoms with Crippen molar-refractivity contribution in [2.45, 2.75) is 38.0 Å². The van der Waals surface area contributed by atoms with Crippen LogP contribution in [0.2, 0.25) is 0 Å². The number of unbranched alkanes of at least 4 members (excludes halogenated alkanes) is 2. The summed E-state index contributed by atoms with van der Waals surface area (Å²) in [4.78, 5) is 0.630. The van der Waals surface area contributed by atoms with Crippen LogP contribution < -0.4 is 4.57 Å². The summed E-state index contributed by atoms with van der Waals surface area (Å²) in [6, 6.07) is 13.8. The van der Waals surface area contributed by atoms with Gasteiger partial charge in [0.25, 0.3) is 0 Å². The van der Waals surface area contributed by atoms with Crippen molar-refractivity contribution in [2.75, 3.05) is 5.75 Å². The van der Waals surface area contributed by atoms with Gasteiger partial charge in [-0.25, -0.2) is 8.96 Å². The molecule has 0 atom stereocenters. The highest BCUT2D eigenvalue weighted by atomic mass is 32.2. The van der Waals surface area contributed by atoms with Gasteiger partial charge in [-0.3, -0.25) is 0 Å². The Morgan fingerprint density at radius 2 is 1.79 bits per heavy atom. The van der Waals surface area contributed by atoms with Crippen molar-refractivity contribution in [3.63, 3.8) is 0 Å². The van der Waals surface area contributed by atoms with Gasteiger partial charge in [0.1, 0.15) is 18.4 Å². The zero-order valence-electron chi connectivity index (χ0n) is 16.6. The Morgan fingerprint density at radius 3 is 2.57 bits per heavy atom. The molecule has 0 N–H and O–H groups in total. The van der Waals surface area contributed by atoms with Crippen molar-refractivity contribution in [3.8, 4) is 11.3 Å². The summed E-state index contributed by atoms with van der Waals surface area (Å²) < 4.78 is 23.1. The summed E-state index contributed by atoms with van der Waals surface area (Å²) in [5.41, 5.74) is 4.80. The van der Waals surface area contributed by atoms with Crippen molar-refractivity contribution in [2.24, 2.45) is 7.05 Å². The highest BCUT2D eigenvalue weighted by Gasteiger charge is 2.22. The van der Waals surface area contributed by atoms with Crippen LogP contribution in [-0.2, 0) is 7.05 Å². The van der Waals surface area contributed by atoms with Gasteiger partial charge in [0.2, 0.25) is 5.69 Å². The van der Waals surface area contributed by atoms with Crippen LogP contribution in [0.4, 0.5) is 4.39 Å². The molecule has 0 aliphatic rings. The number of aromatic nitrogens is 1. The quantitative estimate of drug-likeness (QED) is 0.203. The minimum atomic E-state index is -0.198. The molecule has 2 nitrogen and oxygen atoms in total. The molecular formula is C24H25FNOS+. The van der Waals surface area contributed by atoms with Crippen molar-refractivity contribution in [3.05, 3.63) is 60.0 Å². The molecule has 0 amide bonds. The second-order valence-corrected chi connectivity index (χ2v) is 8.35. The van der Waals surface area contributed by atoms with Gasteiger partial charge in [-0.05, 0) is 42.9 Å². The summed E-state index contributed by atoms with van der Waals surface area (Å²) >= 11 is 1.57. The van der Waals surface area contributed by atoms with Crippen LogP contribution in [0.3, 0.4) is 0 Å². The predicted molar refractivity (Wildman–Crippen MR) is 115 cm³/mol. The number of fused-ring (bicyclic) bond motifs is 3. The standard InChI is InChI=1S/C24H25FNOS/c1-4-5-8-15-28-24-19(25)13-12-18-17-11-10-16(2)21(22(17)27-23(18)24)20-9-6-7-14-26(20)3/h6-7,9-14H,4-5,8,15H2,1-3H3/q+1. The van der Waals surface area contributed by atoms with Gasteiger partial charge in [-0.15, -0.1) is 11.8 Å². The lowest BCUT2D eigenvalue weighted by atomic mass is 10.0. The number of halogens is 1. The third-order valence-electron chi connectivity index (χ3n) is 5.23. The van der Waals surface area contributed by atoms with E-state index >= 15 is 0 Å². The summed E-state index contributed by atoms with van der Waals surface area (Å²) in [6.45, 7) is 4.27. The summed E-state index contributed by atoms with van der Waals surface area (Å²) in [7, 11) is 2.03. The molecule has 4 heteroatoms. The molecule has 28 heavy (non-hydrogen) atoms. The number of thioether (sulfide) groups is 1. The molecule has 2 heterocycles. The molecule has 144 valence electrons. The number of benzene rings is 2. The molecule has 4 aromatic rings. The summed E-state index contributed by atoms with van der Waals surface area (Å²) in [5.74, 6) is 0.706. The van der Waals surface area contributed by atoms with Gasteiger partial charge in [0.05, 0.1) is 10.5 Å². The van der Waals surface area contributed by atoms with E-state index < -0.39 is 0 Å². The van der Waals surface area contributed by atoms with E-state index in [9.17, 15) is 4.39 Å². The molecule has 0 saturated heterocycles. The average Bonchev–Trinajstić information content (AvgIpc) is 3.06. The average molecular weight is 395 g/mol. The Balaban J connectivity index is 1.93. The number of furan rings is 1. The maximum absolute atomic E-state index is 14.6. The fourth-order valence-corrected chi connectivity index (χ4v) is 4.76. The number of pyridine rings is 1. The fourth-order valence-electron chi connectivity index (χ4n) is 3.72. The molecule has 0 fully saturated rings. The lowest BCUT2D eigenvalue weighted by Crippen LogP contribution is -2.30. The second-order valence-electron chi connectivity index (χ2n) is 7.24. The van der Waals surface area contributed by atoms with Gasteiger partial charge in [-0.1, -0.05) is 31.9 Å². The van der Waals surface area contributed by atoms with Crippen LogP contribution in [0.15, 0.2) is 58.0 Å². The van der Waals surface area contributed by atoms with Crippen molar-refractivity contribution in [1.29, 1.82) is 0 Å². The SMILES string of the molecule is CCCCCSc1c(F)ccc2c1oc1c(-c3cccc[n+]3C)c(C)ccc12. The molecule has 0 radical (unpaired) electrons. The Morgan fingerprint density at radius 1 is 1.00 bits per heavy atom. The van der Waals surface area contributed by atoms with E-state index in [1.165, 1.54) is 6.42 Å². The Labute approximate surface area is 169 Å². The van der Waals surface area contributed by atoms with Gasteiger partial charge >= 0.3 is 0 Å². The van der Waals surface area contributed by atoms with Crippen LogP contribution in [0.1, 0.15) is 31.7 Å². The van der Waals surface area contributed by atoms with Crippen molar-refractivity contribution in [1.82, 2.24) is 0 Å². The van der Waals surface area contributed by atoms with Crippen LogP contribution >= 0.6 is 11.8 Å². The maximum atomic E-state index is 14.6. The molecule has 0 spiro atoms. The number of hydrogen-bond acceptors (Lipinski definition) is 2. The summed E-state index contributed by atoms with van der Waals surface area (Å²) in [6.07, 6.45) is 5.44. The van der Waals surface area contributed by atoms with E-state index in [1.807, 2.05) is 31.4 Å². The molecule has 4 rings (SSSR count). The molecule has 0 aliphatic carbocycles. The number of aryl methyl sites for hydroxylation is 2. The number of rotatable bonds is 6. The van der Waals surface area contributed by atoms with E-state index in [-0.39, 0.29) is 5.82 Å². The van der Waals surface area contributed by atoms with E-state index in [4.69, 9.17) is 4.42 Å². The molecule has 0 bridgehead atoms. The monoisotopic (exact) mass is 394 g/mol. The molecule has 0 unspecified atom stereocenters. The molecule has 2 aromatic heterocycles. The smallest absolute Gasteiger partial charge is 0.216 e. The molecule has 0 saturated carbocycles. The van der Waals surface area contributed by atoms with Crippen LogP contribution in [-0.4, -0.2) is 5.75 Å². The van der Waals surface area contributed by atoms with Crippen LogP contribution in [0.25, 0.3) is 33.2 Å². The van der Waals surface area contributed by atoms with Gasteiger partial charge in [0.15, 0.2) is 11.8 Å². The van der Waals surface area contributed by atoms with Crippen LogP contribution in [0.5, 0.6) is 0 Å². The topological polar surface area (TPSA) is 17.0 Å². The zero-order valence-corrected chi connectivity index (χ0v) is 17.4. The summed E-state index contributed by atoms with van der Waals surface area (Å²) in [5, 5.41) is 2.02. The number of nitrogens with zero attached hydrogens (tertiary/aromatic N) is 1. The first-order valence-electron chi connectivity index (χ1n) is 9.84. The van der Waals surface area contributed by atoms with E-state index in [0.29, 0.717) is 10.5 Å². The Bertz CT molecular complexity index is 1150. The first kappa shape index (κ1) is 19.0. The third kappa shape index (κ3) is 3.30. The minimum absolute atomic E-state index is 0.198. The first-order chi connectivity index (χ1) is 13.6. The normalized spacial score (nSPS) is 11.6. The van der Waals surface area contributed by atoms with E-state index in [1.54, 1.807) is 17.8 Å². The lowest BCUT2D eigenvalue weighted by Gasteiger charge is -2.05. The number of hydrogen-bond donors (Lipinski definition) is 0. The van der Waals surface area contributed by atoms with E-state index in [0.717, 1.165) is 51.8 Å². The largest absolute Gasteiger partial charge is 0.454 e. The molecular weight excluding hydrogens is 369 g/mol. The maximum Gasteiger partial charge on any atom is 0.216 e. The van der Waals surface area contributed by atoms with Gasteiger partial charge in [0, 0.05) is 22.9 Å². The fraction of sp³-hybridized carbons (Fsp3) is 0.292. The highest BCUT2D eigenvalue weighted by molar-refractivity contribution is 7.99. The Kier molecular flexibility index (Phi) is 5.40. The molecule has 2 aromatic carbocycles. The first-order valence-corrected chi connectivity index (χ1v) is 10.8. The van der Waals surface area contributed by atoms with Gasteiger partial charge in [-0.2, -0.15) is 0 Å². The lowest BCUT2D eigenvalue weighted by molar-refractivity contribution is -0.660. The highest BCUT2D eigenvalue weighted by Crippen LogP contribution is 2.41. The van der Waals surface area contributed by atoms with Crippen LogP contribution in [0, 0.1) is 12.7 Å². The second kappa shape index (κ2) is 7.96. The predicted octanol–water partition coefficient (Wildman–Crippen LogP) is 6.81. The van der Waals surface area contributed by atoms with Crippen molar-refractivity contribution >= 4 is 33.7 Å². The van der Waals surface area contributed by atoms with Crippen molar-refractivity contribution < 1.29 is 13.4 Å². The minimum Gasteiger partial charge on any atom is -0.454 e. The zero-order chi connectivity index (χ0) is 19.7. The third-order valence-corrected chi connectivity index (χ3v) is 6.39. The van der Waals surface area contributed by atoms with E-state index in [2.05, 4.69) is 36.6 Å².